The Labute approximate surface area is 137 Å². The van der Waals surface area contributed by atoms with E-state index in [1.54, 1.807) is 6.20 Å². The summed E-state index contributed by atoms with van der Waals surface area (Å²) in [6.45, 7) is 5.89. The van der Waals surface area contributed by atoms with Crippen LogP contribution in [0.2, 0.25) is 0 Å². The maximum Gasteiger partial charge on any atom is 0.129 e. The highest BCUT2D eigenvalue weighted by Gasteiger charge is 2.39. The molecular formula is C18H23N3O2. The maximum absolute atomic E-state index is 10.8. The second-order valence-electron chi connectivity index (χ2n) is 6.37. The number of benzene rings is 1. The molecule has 2 atom stereocenters. The number of ether oxygens (including phenoxy) is 1. The number of hydrogen-bond donors (Lipinski definition) is 1. The van der Waals surface area contributed by atoms with Gasteiger partial charge < -0.3 is 9.84 Å². The van der Waals surface area contributed by atoms with Gasteiger partial charge in [0.25, 0.3) is 0 Å². The number of likely N-dealkylation sites (tertiary alicyclic amines) is 1. The van der Waals surface area contributed by atoms with Crippen molar-refractivity contribution in [1.82, 2.24) is 14.9 Å². The number of β-amino-alcohol motifs (C(OH)–C–C–N with tert-alkyl or cyclic N) is 1. The number of aromatic nitrogens is 2. The lowest BCUT2D eigenvalue weighted by Gasteiger charge is -2.42. The Morgan fingerprint density at radius 3 is 2.78 bits per heavy atom. The summed E-state index contributed by atoms with van der Waals surface area (Å²) in [6.07, 6.45) is 2.36. The van der Waals surface area contributed by atoms with E-state index >= 15 is 0 Å². The molecule has 0 bridgehead atoms. The van der Waals surface area contributed by atoms with Gasteiger partial charge in [0.15, 0.2) is 0 Å². The highest BCUT2D eigenvalue weighted by atomic mass is 16.5. The van der Waals surface area contributed by atoms with Crippen molar-refractivity contribution in [3.8, 4) is 5.75 Å². The number of nitrogens with zero attached hydrogens (tertiary/aromatic N) is 3. The molecule has 1 aliphatic rings. The fraction of sp³-hybridized carbons (Fsp3) is 0.444. The fourth-order valence-electron chi connectivity index (χ4n) is 3.05. The molecule has 0 saturated carbocycles. The van der Waals surface area contributed by atoms with Crippen LogP contribution in [-0.2, 0) is 6.54 Å². The Morgan fingerprint density at radius 2 is 2.09 bits per heavy atom. The molecule has 0 spiro atoms. The largest absolute Gasteiger partial charge is 0.487 e. The summed E-state index contributed by atoms with van der Waals surface area (Å²) in [7, 11) is 0. The van der Waals surface area contributed by atoms with E-state index in [1.807, 2.05) is 50.2 Å². The number of aryl methyl sites for hydroxylation is 1. The molecule has 0 unspecified atom stereocenters. The monoisotopic (exact) mass is 313 g/mol. The van der Waals surface area contributed by atoms with Gasteiger partial charge in [0.2, 0.25) is 0 Å². The van der Waals surface area contributed by atoms with E-state index in [4.69, 9.17) is 4.74 Å². The zero-order valence-electron chi connectivity index (χ0n) is 13.6. The average Bonchev–Trinajstić information content (AvgIpc) is 2.51. The van der Waals surface area contributed by atoms with Crippen molar-refractivity contribution >= 4 is 0 Å². The quantitative estimate of drug-likeness (QED) is 0.937. The molecule has 122 valence electrons. The Bertz CT molecular complexity index is 646. The predicted octanol–water partition coefficient (Wildman–Crippen LogP) is 2.19. The van der Waals surface area contributed by atoms with Gasteiger partial charge >= 0.3 is 0 Å². The predicted molar refractivity (Wildman–Crippen MR) is 88.1 cm³/mol. The molecule has 1 fully saturated rings. The number of aliphatic hydroxyl groups is 1. The zero-order chi connectivity index (χ0) is 16.3. The van der Waals surface area contributed by atoms with Crippen molar-refractivity contribution in [2.75, 3.05) is 13.1 Å². The van der Waals surface area contributed by atoms with Crippen molar-refractivity contribution in [2.24, 2.45) is 0 Å². The van der Waals surface area contributed by atoms with E-state index in [1.165, 1.54) is 0 Å². The minimum Gasteiger partial charge on any atom is -0.487 e. The molecule has 1 N–H and O–H groups in total. The molecule has 5 nitrogen and oxygen atoms in total. The molecule has 0 radical (unpaired) electrons. The van der Waals surface area contributed by atoms with Gasteiger partial charge in [-0.15, -0.1) is 0 Å². The van der Waals surface area contributed by atoms with Crippen LogP contribution >= 0.6 is 0 Å². The number of para-hydroxylation sites is 1. The molecule has 0 aliphatic carbocycles. The lowest BCUT2D eigenvalue weighted by Crippen LogP contribution is -2.56. The van der Waals surface area contributed by atoms with Gasteiger partial charge in [-0.25, -0.2) is 9.97 Å². The maximum atomic E-state index is 10.8. The van der Waals surface area contributed by atoms with E-state index in [-0.39, 0.29) is 6.10 Å². The summed E-state index contributed by atoms with van der Waals surface area (Å²) in [6, 6.07) is 11.6. The summed E-state index contributed by atoms with van der Waals surface area (Å²) in [5, 5.41) is 10.8. The first-order chi connectivity index (χ1) is 11.0. The van der Waals surface area contributed by atoms with Crippen LogP contribution in [0.25, 0.3) is 0 Å². The fourth-order valence-corrected chi connectivity index (χ4v) is 3.05. The van der Waals surface area contributed by atoms with Crippen LogP contribution in [0, 0.1) is 6.92 Å². The van der Waals surface area contributed by atoms with Crippen LogP contribution < -0.4 is 4.74 Å². The first kappa shape index (κ1) is 15.9. The lowest BCUT2D eigenvalue weighted by atomic mass is 9.91. The topological polar surface area (TPSA) is 58.5 Å². The van der Waals surface area contributed by atoms with Gasteiger partial charge in [-0.1, -0.05) is 18.2 Å². The SMILES string of the molecule is Cc1nccc(CN2CC[C@H](Oc3ccccc3)[C@@](C)(O)C2)n1. The standard InChI is InChI=1S/C18H23N3O2/c1-14-19-10-8-15(20-14)12-21-11-9-17(18(2,22)13-21)23-16-6-4-3-5-7-16/h3-8,10,17,22H,9,11-13H2,1-2H3/t17-,18-/m0/s1. The van der Waals surface area contributed by atoms with E-state index in [9.17, 15) is 5.11 Å². The number of hydrogen-bond acceptors (Lipinski definition) is 5. The third kappa shape index (κ3) is 4.06. The molecular weight excluding hydrogens is 290 g/mol. The summed E-state index contributed by atoms with van der Waals surface area (Å²) in [4.78, 5) is 10.8. The van der Waals surface area contributed by atoms with Crippen molar-refractivity contribution in [3.05, 3.63) is 54.1 Å². The Kier molecular flexibility index (Phi) is 4.59. The van der Waals surface area contributed by atoms with Crippen molar-refractivity contribution in [3.63, 3.8) is 0 Å². The first-order valence-electron chi connectivity index (χ1n) is 7.98. The molecule has 3 rings (SSSR count). The van der Waals surface area contributed by atoms with Crippen LogP contribution in [0.4, 0.5) is 0 Å². The molecule has 1 aromatic heterocycles. The molecule has 1 aliphatic heterocycles. The summed E-state index contributed by atoms with van der Waals surface area (Å²) >= 11 is 0. The van der Waals surface area contributed by atoms with Crippen molar-refractivity contribution in [1.29, 1.82) is 0 Å². The minimum atomic E-state index is -0.893. The smallest absolute Gasteiger partial charge is 0.129 e. The van der Waals surface area contributed by atoms with Crippen LogP contribution in [0.15, 0.2) is 42.6 Å². The van der Waals surface area contributed by atoms with Gasteiger partial charge in [-0.2, -0.15) is 0 Å². The lowest BCUT2D eigenvalue weighted by molar-refractivity contribution is -0.0994. The van der Waals surface area contributed by atoms with Gasteiger partial charge in [-0.05, 0) is 38.5 Å². The normalized spacial score (nSPS) is 25.3. The summed E-state index contributed by atoms with van der Waals surface area (Å²) in [5.41, 5.74) is 0.0895. The highest BCUT2D eigenvalue weighted by Crippen LogP contribution is 2.27. The average molecular weight is 313 g/mol. The van der Waals surface area contributed by atoms with E-state index in [0.717, 1.165) is 36.8 Å². The molecule has 1 saturated heterocycles. The molecule has 5 heteroatoms. The van der Waals surface area contributed by atoms with Gasteiger partial charge in [0.05, 0.1) is 5.69 Å². The van der Waals surface area contributed by atoms with Gasteiger partial charge in [0, 0.05) is 25.8 Å². The summed E-state index contributed by atoms with van der Waals surface area (Å²) < 4.78 is 5.99. The van der Waals surface area contributed by atoms with Crippen molar-refractivity contribution < 1.29 is 9.84 Å². The highest BCUT2D eigenvalue weighted by molar-refractivity contribution is 5.22. The van der Waals surface area contributed by atoms with Crippen LogP contribution in [0.1, 0.15) is 24.9 Å². The van der Waals surface area contributed by atoms with Crippen molar-refractivity contribution in [2.45, 2.75) is 38.5 Å². The van der Waals surface area contributed by atoms with Crippen LogP contribution in [-0.4, -0.2) is 44.8 Å². The molecule has 2 heterocycles. The Morgan fingerprint density at radius 1 is 1.30 bits per heavy atom. The third-order valence-corrected chi connectivity index (χ3v) is 4.19. The zero-order valence-corrected chi connectivity index (χ0v) is 13.6. The van der Waals surface area contributed by atoms with Crippen LogP contribution in [0.3, 0.4) is 0 Å². The molecule has 1 aromatic carbocycles. The first-order valence-corrected chi connectivity index (χ1v) is 7.98. The van der Waals surface area contributed by atoms with Crippen LogP contribution in [0.5, 0.6) is 5.75 Å². The second kappa shape index (κ2) is 6.64. The molecule has 0 amide bonds. The molecule has 23 heavy (non-hydrogen) atoms. The van der Waals surface area contributed by atoms with Gasteiger partial charge in [0.1, 0.15) is 23.3 Å². The Balaban J connectivity index is 1.63. The third-order valence-electron chi connectivity index (χ3n) is 4.19. The Hall–Kier alpha value is -1.98. The molecule has 2 aromatic rings. The van der Waals surface area contributed by atoms with E-state index < -0.39 is 5.60 Å². The second-order valence-corrected chi connectivity index (χ2v) is 6.37. The minimum absolute atomic E-state index is 0.201. The van der Waals surface area contributed by atoms with E-state index in [2.05, 4.69) is 14.9 Å². The summed E-state index contributed by atoms with van der Waals surface area (Å²) in [5.74, 6) is 1.58. The number of rotatable bonds is 4. The van der Waals surface area contributed by atoms with Gasteiger partial charge in [-0.3, -0.25) is 4.90 Å². The van der Waals surface area contributed by atoms with E-state index in [0.29, 0.717) is 6.54 Å². The number of piperidine rings is 1.